The molecule has 0 spiro atoms. The lowest BCUT2D eigenvalue weighted by Crippen LogP contribution is -2.32. The summed E-state index contributed by atoms with van der Waals surface area (Å²) in [6.45, 7) is 5.11. The highest BCUT2D eigenvalue weighted by Crippen LogP contribution is 2.19. The van der Waals surface area contributed by atoms with Crippen LogP contribution in [0, 0.1) is 0 Å². The fourth-order valence-corrected chi connectivity index (χ4v) is 2.31. The fourth-order valence-electron chi connectivity index (χ4n) is 1.69. The van der Waals surface area contributed by atoms with E-state index in [-0.39, 0.29) is 12.2 Å². The van der Waals surface area contributed by atoms with Crippen molar-refractivity contribution >= 4 is 11.3 Å². The third-order valence-electron chi connectivity index (χ3n) is 2.85. The molecule has 0 aliphatic carbocycles. The summed E-state index contributed by atoms with van der Waals surface area (Å²) in [5, 5.41) is 11.1. The first-order chi connectivity index (χ1) is 9.59. The third kappa shape index (κ3) is 4.63. The summed E-state index contributed by atoms with van der Waals surface area (Å²) < 4.78 is 11.6. The van der Waals surface area contributed by atoms with Gasteiger partial charge in [-0.2, -0.15) is 0 Å². The van der Waals surface area contributed by atoms with Gasteiger partial charge >= 0.3 is 0 Å². The summed E-state index contributed by atoms with van der Waals surface area (Å²) in [4.78, 5) is 1.21. The average Bonchev–Trinajstić information content (AvgIpc) is 2.97. The highest BCUT2D eigenvalue weighted by Gasteiger charge is 2.20. The second-order valence-corrected chi connectivity index (χ2v) is 6.25. The highest BCUT2D eigenvalue weighted by molar-refractivity contribution is 7.09. The Balaban J connectivity index is 1.84. The quantitative estimate of drug-likeness (QED) is 0.847. The standard InChI is InChI=1S/C16H20O3S/c1-16(2,19-11-15-7-4-8-20-15)12-18-14-6-3-5-13(9-14)10-17/h3-9,17H,10-12H2,1-2H3. The molecule has 0 atom stereocenters. The van der Waals surface area contributed by atoms with Crippen LogP contribution in [0.2, 0.25) is 0 Å². The number of rotatable bonds is 7. The van der Waals surface area contributed by atoms with Gasteiger partial charge in [-0.05, 0) is 43.0 Å². The molecule has 2 rings (SSSR count). The molecule has 3 nitrogen and oxygen atoms in total. The van der Waals surface area contributed by atoms with Crippen LogP contribution in [0.3, 0.4) is 0 Å². The molecular formula is C16H20O3S. The van der Waals surface area contributed by atoms with Gasteiger partial charge in [-0.1, -0.05) is 18.2 Å². The normalized spacial score (nSPS) is 11.6. The van der Waals surface area contributed by atoms with E-state index in [9.17, 15) is 0 Å². The van der Waals surface area contributed by atoms with E-state index in [4.69, 9.17) is 14.6 Å². The molecule has 2 aromatic rings. The van der Waals surface area contributed by atoms with Crippen LogP contribution in [-0.2, 0) is 18.0 Å². The minimum atomic E-state index is -0.362. The van der Waals surface area contributed by atoms with E-state index in [1.54, 1.807) is 11.3 Å². The molecule has 1 aromatic carbocycles. The van der Waals surface area contributed by atoms with E-state index < -0.39 is 0 Å². The zero-order valence-corrected chi connectivity index (χ0v) is 12.7. The number of hydrogen-bond donors (Lipinski definition) is 1. The lowest BCUT2D eigenvalue weighted by Gasteiger charge is -2.25. The van der Waals surface area contributed by atoms with E-state index in [1.165, 1.54) is 4.88 Å². The van der Waals surface area contributed by atoms with Crippen LogP contribution in [0.5, 0.6) is 5.75 Å². The smallest absolute Gasteiger partial charge is 0.119 e. The predicted octanol–water partition coefficient (Wildman–Crippen LogP) is 3.61. The maximum Gasteiger partial charge on any atom is 0.119 e. The van der Waals surface area contributed by atoms with Crippen LogP contribution in [0.1, 0.15) is 24.3 Å². The first-order valence-corrected chi connectivity index (χ1v) is 7.46. The summed E-state index contributed by atoms with van der Waals surface area (Å²) in [6.07, 6.45) is 0. The Hall–Kier alpha value is -1.36. The molecular weight excluding hydrogens is 272 g/mol. The van der Waals surface area contributed by atoms with Crippen LogP contribution < -0.4 is 4.74 Å². The Morgan fingerprint density at radius 2 is 2.05 bits per heavy atom. The molecule has 0 bridgehead atoms. The van der Waals surface area contributed by atoms with Crippen molar-refractivity contribution in [1.29, 1.82) is 0 Å². The molecule has 0 aliphatic rings. The van der Waals surface area contributed by atoms with Gasteiger partial charge in [0.15, 0.2) is 0 Å². The van der Waals surface area contributed by atoms with E-state index >= 15 is 0 Å². The molecule has 1 heterocycles. The first kappa shape index (κ1) is 15.0. The van der Waals surface area contributed by atoms with Gasteiger partial charge in [0, 0.05) is 4.88 Å². The van der Waals surface area contributed by atoms with Gasteiger partial charge in [-0.15, -0.1) is 11.3 Å². The Bertz CT molecular complexity index is 520. The topological polar surface area (TPSA) is 38.7 Å². The van der Waals surface area contributed by atoms with Crippen molar-refractivity contribution in [1.82, 2.24) is 0 Å². The van der Waals surface area contributed by atoms with Gasteiger partial charge in [0.2, 0.25) is 0 Å². The SMILES string of the molecule is CC(C)(COc1cccc(CO)c1)OCc1cccs1. The maximum absolute atomic E-state index is 9.10. The summed E-state index contributed by atoms with van der Waals surface area (Å²) in [6, 6.07) is 11.6. The van der Waals surface area contributed by atoms with Crippen LogP contribution in [0.25, 0.3) is 0 Å². The lowest BCUT2D eigenvalue weighted by atomic mass is 10.1. The first-order valence-electron chi connectivity index (χ1n) is 6.58. The summed E-state index contributed by atoms with van der Waals surface area (Å²) in [7, 11) is 0. The van der Waals surface area contributed by atoms with Crippen molar-refractivity contribution < 1.29 is 14.6 Å². The minimum Gasteiger partial charge on any atom is -0.491 e. The number of aliphatic hydroxyl groups is 1. The molecule has 0 aliphatic heterocycles. The van der Waals surface area contributed by atoms with Crippen LogP contribution >= 0.6 is 11.3 Å². The number of thiophene rings is 1. The second kappa shape index (κ2) is 6.88. The number of aliphatic hydroxyl groups excluding tert-OH is 1. The van der Waals surface area contributed by atoms with Crippen molar-refractivity contribution in [3.63, 3.8) is 0 Å². The van der Waals surface area contributed by atoms with E-state index in [2.05, 4.69) is 6.07 Å². The van der Waals surface area contributed by atoms with Gasteiger partial charge in [0.1, 0.15) is 12.4 Å². The molecule has 4 heteroatoms. The number of ether oxygens (including phenoxy) is 2. The van der Waals surface area contributed by atoms with Gasteiger partial charge < -0.3 is 14.6 Å². The summed E-state index contributed by atoms with van der Waals surface area (Å²) in [5.41, 5.74) is 0.485. The molecule has 0 saturated heterocycles. The zero-order chi connectivity index (χ0) is 14.4. The predicted molar refractivity (Wildman–Crippen MR) is 81.0 cm³/mol. The van der Waals surface area contributed by atoms with Crippen molar-refractivity contribution in [2.45, 2.75) is 32.7 Å². The van der Waals surface area contributed by atoms with Crippen molar-refractivity contribution in [3.8, 4) is 5.75 Å². The van der Waals surface area contributed by atoms with Crippen molar-refractivity contribution in [2.75, 3.05) is 6.61 Å². The van der Waals surface area contributed by atoms with Crippen molar-refractivity contribution in [2.24, 2.45) is 0 Å². The molecule has 0 amide bonds. The van der Waals surface area contributed by atoms with Crippen LogP contribution in [0.4, 0.5) is 0 Å². The van der Waals surface area contributed by atoms with E-state index in [1.807, 2.05) is 49.6 Å². The summed E-state index contributed by atoms with van der Waals surface area (Å²) >= 11 is 1.69. The molecule has 0 saturated carbocycles. The Kier molecular flexibility index (Phi) is 5.17. The van der Waals surface area contributed by atoms with Crippen molar-refractivity contribution in [3.05, 3.63) is 52.2 Å². The monoisotopic (exact) mass is 292 g/mol. The van der Waals surface area contributed by atoms with Gasteiger partial charge in [0.25, 0.3) is 0 Å². The third-order valence-corrected chi connectivity index (χ3v) is 3.70. The molecule has 1 aromatic heterocycles. The summed E-state index contributed by atoms with van der Waals surface area (Å²) in [5.74, 6) is 0.754. The highest BCUT2D eigenvalue weighted by atomic mass is 32.1. The molecule has 1 N–H and O–H groups in total. The lowest BCUT2D eigenvalue weighted by molar-refractivity contribution is -0.0559. The maximum atomic E-state index is 9.10. The second-order valence-electron chi connectivity index (χ2n) is 5.22. The van der Waals surface area contributed by atoms with Crippen LogP contribution in [-0.4, -0.2) is 17.3 Å². The fraction of sp³-hybridized carbons (Fsp3) is 0.375. The Morgan fingerprint density at radius 1 is 1.20 bits per heavy atom. The van der Waals surface area contributed by atoms with E-state index in [0.29, 0.717) is 13.2 Å². The Morgan fingerprint density at radius 3 is 2.75 bits per heavy atom. The molecule has 0 radical (unpaired) electrons. The molecule has 0 fully saturated rings. The van der Waals surface area contributed by atoms with Gasteiger partial charge in [0.05, 0.1) is 18.8 Å². The molecule has 0 unspecified atom stereocenters. The number of benzene rings is 1. The average molecular weight is 292 g/mol. The Labute approximate surface area is 123 Å². The minimum absolute atomic E-state index is 0.0233. The number of hydrogen-bond acceptors (Lipinski definition) is 4. The largest absolute Gasteiger partial charge is 0.491 e. The molecule has 108 valence electrons. The van der Waals surface area contributed by atoms with Gasteiger partial charge in [-0.25, -0.2) is 0 Å². The van der Waals surface area contributed by atoms with E-state index in [0.717, 1.165) is 11.3 Å². The zero-order valence-electron chi connectivity index (χ0n) is 11.8. The molecule has 20 heavy (non-hydrogen) atoms. The van der Waals surface area contributed by atoms with Gasteiger partial charge in [-0.3, -0.25) is 0 Å². The van der Waals surface area contributed by atoms with Crippen LogP contribution in [0.15, 0.2) is 41.8 Å².